The van der Waals surface area contributed by atoms with Crippen molar-refractivity contribution in [3.8, 4) is 0 Å². The first-order chi connectivity index (χ1) is 12.0. The van der Waals surface area contributed by atoms with Gasteiger partial charge in [0.15, 0.2) is 0 Å². The smallest absolute Gasteiger partial charge is 0.317 e. The maximum Gasteiger partial charge on any atom is 0.317 e. The van der Waals surface area contributed by atoms with Crippen molar-refractivity contribution in [2.24, 2.45) is 0 Å². The lowest BCUT2D eigenvalue weighted by Gasteiger charge is -2.36. The fourth-order valence-electron chi connectivity index (χ4n) is 3.28. The monoisotopic (exact) mass is 349 g/mol. The summed E-state index contributed by atoms with van der Waals surface area (Å²) in [6.45, 7) is 3.69. The summed E-state index contributed by atoms with van der Waals surface area (Å²) in [5.41, 5.74) is 1.80. The van der Waals surface area contributed by atoms with Gasteiger partial charge in [-0.2, -0.15) is 0 Å². The molecule has 2 aromatic rings. The number of urea groups is 1. The molecule has 1 fully saturated rings. The third kappa shape index (κ3) is 4.29. The summed E-state index contributed by atoms with van der Waals surface area (Å²) in [6, 6.07) is 4.40. The highest BCUT2D eigenvalue weighted by atomic mass is 19.1. The van der Waals surface area contributed by atoms with Crippen LogP contribution in [0.2, 0.25) is 0 Å². The normalized spacial score (nSPS) is 19.2. The van der Waals surface area contributed by atoms with Gasteiger partial charge in [-0.25, -0.2) is 9.18 Å². The van der Waals surface area contributed by atoms with Gasteiger partial charge < -0.3 is 25.0 Å². The largest absolute Gasteiger partial charge is 0.393 e. The summed E-state index contributed by atoms with van der Waals surface area (Å²) in [5, 5.41) is 13.5. The Labute approximate surface area is 146 Å². The van der Waals surface area contributed by atoms with Crippen LogP contribution >= 0.6 is 0 Å². The maximum absolute atomic E-state index is 13.2. The number of aliphatic hydroxyl groups is 1. The molecule has 3 N–H and O–H groups in total. The molecule has 2 atom stereocenters. The van der Waals surface area contributed by atoms with E-state index in [1.165, 1.54) is 12.1 Å². The molecule has 136 valence electrons. The molecule has 1 aliphatic heterocycles. The molecule has 0 saturated carbocycles. The Morgan fingerprint density at radius 2 is 2.40 bits per heavy atom. The van der Waals surface area contributed by atoms with Crippen LogP contribution in [-0.4, -0.2) is 59.5 Å². The minimum atomic E-state index is -0.478. The minimum Gasteiger partial charge on any atom is -0.393 e. The molecular formula is C18H24FN3O3. The Morgan fingerprint density at radius 3 is 3.20 bits per heavy atom. The molecule has 7 heteroatoms. The number of fused-ring (bicyclic) bond motifs is 1. The zero-order chi connectivity index (χ0) is 17.8. The number of H-pyrrole nitrogens is 1. The van der Waals surface area contributed by atoms with Crippen molar-refractivity contribution in [1.29, 1.82) is 0 Å². The van der Waals surface area contributed by atoms with Gasteiger partial charge in [-0.3, -0.25) is 0 Å². The molecular weight excluding hydrogens is 325 g/mol. The fraction of sp³-hybridized carbons (Fsp3) is 0.500. The Bertz CT molecular complexity index is 731. The standard InChI is InChI=1S/C18H24FN3O3/c1-12(23)8-15-11-25-7-6-22(15)18(24)20-5-4-13-10-21-17-9-14(19)2-3-16(13)17/h2-3,9-10,12,15,21,23H,4-8,11H2,1H3,(H,20,24)/t12-,15+/m0/s1. The molecule has 2 heterocycles. The number of amides is 2. The van der Waals surface area contributed by atoms with Gasteiger partial charge in [0.2, 0.25) is 0 Å². The predicted molar refractivity (Wildman–Crippen MR) is 93.0 cm³/mol. The predicted octanol–water partition coefficient (Wildman–Crippen LogP) is 2.03. The lowest BCUT2D eigenvalue weighted by atomic mass is 10.1. The van der Waals surface area contributed by atoms with Crippen LogP contribution in [-0.2, 0) is 11.2 Å². The molecule has 1 aliphatic rings. The van der Waals surface area contributed by atoms with Crippen LogP contribution < -0.4 is 5.32 Å². The SMILES string of the molecule is C[C@H](O)C[C@@H]1COCCN1C(=O)NCCc1c[nH]c2cc(F)ccc12. The fourth-order valence-corrected chi connectivity index (χ4v) is 3.28. The number of aromatic nitrogens is 1. The Balaban J connectivity index is 1.56. The van der Waals surface area contributed by atoms with Crippen molar-refractivity contribution >= 4 is 16.9 Å². The highest BCUT2D eigenvalue weighted by Gasteiger charge is 2.28. The first-order valence-corrected chi connectivity index (χ1v) is 8.60. The van der Waals surface area contributed by atoms with E-state index in [0.717, 1.165) is 16.5 Å². The lowest BCUT2D eigenvalue weighted by Crippen LogP contribution is -2.53. The molecule has 1 aromatic carbocycles. The average molecular weight is 349 g/mol. The Kier molecular flexibility index (Phi) is 5.55. The van der Waals surface area contributed by atoms with Crippen LogP contribution in [0.25, 0.3) is 10.9 Å². The van der Waals surface area contributed by atoms with E-state index in [0.29, 0.717) is 39.1 Å². The molecule has 6 nitrogen and oxygen atoms in total. The molecule has 0 bridgehead atoms. The number of hydrogen-bond donors (Lipinski definition) is 3. The summed E-state index contributed by atoms with van der Waals surface area (Å²) in [6.07, 6.45) is 2.53. The van der Waals surface area contributed by atoms with Gasteiger partial charge in [0, 0.05) is 30.2 Å². The number of ether oxygens (including phenoxy) is 1. The number of rotatable bonds is 5. The van der Waals surface area contributed by atoms with E-state index < -0.39 is 6.10 Å². The first kappa shape index (κ1) is 17.7. The van der Waals surface area contributed by atoms with Gasteiger partial charge in [0.05, 0.1) is 25.4 Å². The van der Waals surface area contributed by atoms with Crippen LogP contribution in [0.15, 0.2) is 24.4 Å². The number of morpholine rings is 1. The average Bonchev–Trinajstić information content (AvgIpc) is 2.97. The van der Waals surface area contributed by atoms with E-state index in [9.17, 15) is 14.3 Å². The molecule has 0 spiro atoms. The second-order valence-corrected chi connectivity index (χ2v) is 6.49. The van der Waals surface area contributed by atoms with Crippen LogP contribution in [0.5, 0.6) is 0 Å². The number of aromatic amines is 1. The van der Waals surface area contributed by atoms with Crippen molar-refractivity contribution in [3.05, 3.63) is 35.8 Å². The van der Waals surface area contributed by atoms with E-state index in [4.69, 9.17) is 4.74 Å². The van der Waals surface area contributed by atoms with E-state index in [-0.39, 0.29) is 17.9 Å². The molecule has 0 aliphatic carbocycles. The zero-order valence-corrected chi connectivity index (χ0v) is 14.3. The number of carbonyl (C=O) groups is 1. The van der Waals surface area contributed by atoms with Crippen LogP contribution in [0.4, 0.5) is 9.18 Å². The molecule has 1 aromatic heterocycles. The van der Waals surface area contributed by atoms with Crippen LogP contribution in [0.1, 0.15) is 18.9 Å². The Morgan fingerprint density at radius 1 is 1.56 bits per heavy atom. The van der Waals surface area contributed by atoms with Crippen molar-refractivity contribution in [1.82, 2.24) is 15.2 Å². The van der Waals surface area contributed by atoms with Crippen molar-refractivity contribution in [2.75, 3.05) is 26.3 Å². The molecule has 1 saturated heterocycles. The number of benzene rings is 1. The summed E-state index contributed by atoms with van der Waals surface area (Å²) >= 11 is 0. The second-order valence-electron chi connectivity index (χ2n) is 6.49. The third-order valence-electron chi connectivity index (χ3n) is 4.50. The van der Waals surface area contributed by atoms with Gasteiger partial charge in [-0.1, -0.05) is 0 Å². The van der Waals surface area contributed by atoms with Gasteiger partial charge in [-0.15, -0.1) is 0 Å². The van der Waals surface area contributed by atoms with E-state index >= 15 is 0 Å². The lowest BCUT2D eigenvalue weighted by molar-refractivity contribution is -0.00425. The molecule has 25 heavy (non-hydrogen) atoms. The summed E-state index contributed by atoms with van der Waals surface area (Å²) < 4.78 is 18.6. The van der Waals surface area contributed by atoms with Gasteiger partial charge in [0.1, 0.15) is 5.82 Å². The molecule has 0 radical (unpaired) electrons. The van der Waals surface area contributed by atoms with Crippen LogP contribution in [0.3, 0.4) is 0 Å². The third-order valence-corrected chi connectivity index (χ3v) is 4.50. The van der Waals surface area contributed by atoms with Crippen molar-refractivity contribution in [3.63, 3.8) is 0 Å². The van der Waals surface area contributed by atoms with Gasteiger partial charge >= 0.3 is 6.03 Å². The van der Waals surface area contributed by atoms with E-state index in [1.54, 1.807) is 17.9 Å². The molecule has 2 amide bonds. The quantitative estimate of drug-likeness (QED) is 0.773. The highest BCUT2D eigenvalue weighted by molar-refractivity contribution is 5.83. The number of halogens is 1. The number of carbonyl (C=O) groups excluding carboxylic acids is 1. The zero-order valence-electron chi connectivity index (χ0n) is 14.3. The van der Waals surface area contributed by atoms with Crippen molar-refractivity contribution < 1.29 is 19.0 Å². The van der Waals surface area contributed by atoms with Gasteiger partial charge in [-0.05, 0) is 43.5 Å². The van der Waals surface area contributed by atoms with Gasteiger partial charge in [0.25, 0.3) is 0 Å². The maximum atomic E-state index is 13.2. The second kappa shape index (κ2) is 7.84. The summed E-state index contributed by atoms with van der Waals surface area (Å²) in [7, 11) is 0. The number of hydrogen-bond acceptors (Lipinski definition) is 3. The van der Waals surface area contributed by atoms with Crippen molar-refractivity contribution in [2.45, 2.75) is 31.9 Å². The highest BCUT2D eigenvalue weighted by Crippen LogP contribution is 2.19. The molecule has 3 rings (SSSR count). The molecule has 0 unspecified atom stereocenters. The van der Waals surface area contributed by atoms with E-state index in [1.807, 2.05) is 6.20 Å². The first-order valence-electron chi connectivity index (χ1n) is 8.60. The number of nitrogens with zero attached hydrogens (tertiary/aromatic N) is 1. The number of nitrogens with one attached hydrogen (secondary N) is 2. The summed E-state index contributed by atoms with van der Waals surface area (Å²) in [5.74, 6) is -0.273. The van der Waals surface area contributed by atoms with Crippen LogP contribution in [0, 0.1) is 5.82 Å². The topological polar surface area (TPSA) is 77.6 Å². The summed E-state index contributed by atoms with van der Waals surface area (Å²) in [4.78, 5) is 17.2. The van der Waals surface area contributed by atoms with E-state index in [2.05, 4.69) is 10.3 Å². The number of aliphatic hydroxyl groups excluding tert-OH is 1. The minimum absolute atomic E-state index is 0.107. The Hall–Kier alpha value is -2.12.